The molecule has 1 aliphatic heterocycles. The van der Waals surface area contributed by atoms with Crippen molar-refractivity contribution < 1.29 is 4.79 Å². The number of hydrogen-bond acceptors (Lipinski definition) is 2. The first-order valence-electron chi connectivity index (χ1n) is 9.59. The van der Waals surface area contributed by atoms with E-state index in [1.807, 2.05) is 0 Å². The largest absolute Gasteiger partial charge is 0.342 e. The first-order chi connectivity index (χ1) is 10.5. The number of fused-ring (bicyclic) bond motifs is 2. The van der Waals surface area contributed by atoms with Crippen LogP contribution in [0.1, 0.15) is 65.2 Å². The van der Waals surface area contributed by atoms with Gasteiger partial charge in [0.25, 0.3) is 0 Å². The topological polar surface area (TPSA) is 46.3 Å². The molecule has 3 nitrogen and oxygen atoms in total. The van der Waals surface area contributed by atoms with Gasteiger partial charge in [0.15, 0.2) is 0 Å². The van der Waals surface area contributed by atoms with E-state index >= 15 is 0 Å². The third kappa shape index (κ3) is 4.42. The number of likely N-dealkylation sites (tertiary alicyclic amines) is 1. The summed E-state index contributed by atoms with van der Waals surface area (Å²) in [6.07, 6.45) is 9.71. The first-order valence-corrected chi connectivity index (χ1v) is 9.59. The second-order valence-electron chi connectivity index (χ2n) is 8.62. The molecule has 3 rings (SSSR count). The van der Waals surface area contributed by atoms with E-state index in [0.717, 1.165) is 37.8 Å². The maximum absolute atomic E-state index is 13.0. The van der Waals surface area contributed by atoms with Crippen LogP contribution in [0.25, 0.3) is 0 Å². The van der Waals surface area contributed by atoms with Gasteiger partial charge in [0, 0.05) is 25.0 Å². The lowest BCUT2D eigenvalue weighted by Gasteiger charge is -2.45. The third-order valence-corrected chi connectivity index (χ3v) is 6.40. The van der Waals surface area contributed by atoms with Gasteiger partial charge in [-0.3, -0.25) is 4.79 Å². The van der Waals surface area contributed by atoms with Crippen LogP contribution in [0.2, 0.25) is 0 Å². The van der Waals surface area contributed by atoms with Crippen LogP contribution < -0.4 is 5.73 Å². The number of nitrogens with zero attached hydrogens (tertiary/aromatic N) is 1. The van der Waals surface area contributed by atoms with Crippen LogP contribution in [0.3, 0.4) is 0 Å². The molecule has 2 bridgehead atoms. The van der Waals surface area contributed by atoms with E-state index in [1.165, 1.54) is 38.5 Å². The molecule has 1 heterocycles. The quantitative estimate of drug-likeness (QED) is 0.846. The number of nitrogens with two attached hydrogens (primary N) is 1. The summed E-state index contributed by atoms with van der Waals surface area (Å²) in [5.41, 5.74) is 6.38. The van der Waals surface area contributed by atoms with E-state index < -0.39 is 0 Å². The highest BCUT2D eigenvalue weighted by molar-refractivity contribution is 5.85. The Labute approximate surface area is 148 Å². The number of rotatable bonds is 3. The summed E-state index contributed by atoms with van der Waals surface area (Å²) in [6, 6.07) is 0.368. The maximum Gasteiger partial charge on any atom is 0.225 e. The van der Waals surface area contributed by atoms with E-state index in [1.54, 1.807) is 0 Å². The minimum atomic E-state index is 0. The lowest BCUT2D eigenvalue weighted by atomic mass is 9.65. The van der Waals surface area contributed by atoms with Gasteiger partial charge >= 0.3 is 0 Å². The van der Waals surface area contributed by atoms with Crippen LogP contribution in [0, 0.1) is 29.6 Å². The standard InChI is InChI=1S/C19H34N2O.ClH/c1-13(2)9-14-5-4-8-21(12-14)19(22)17-10-15-6-3-7-16(11-17)18(15)20;/h13-18H,3-12,20H2,1-2H3;1H. The highest BCUT2D eigenvalue weighted by Gasteiger charge is 2.42. The molecule has 0 spiro atoms. The Bertz CT molecular complexity index is 387. The van der Waals surface area contributed by atoms with Crippen molar-refractivity contribution in [3.63, 3.8) is 0 Å². The molecule has 2 N–H and O–H groups in total. The molecule has 0 radical (unpaired) electrons. The van der Waals surface area contributed by atoms with E-state index in [9.17, 15) is 4.79 Å². The number of carbonyl (C=O) groups is 1. The molecule has 0 aromatic heterocycles. The third-order valence-electron chi connectivity index (χ3n) is 6.40. The normalized spacial score (nSPS) is 37.4. The van der Waals surface area contributed by atoms with E-state index in [-0.39, 0.29) is 18.3 Å². The Hall–Kier alpha value is -0.280. The van der Waals surface area contributed by atoms with Gasteiger partial charge in [0.1, 0.15) is 0 Å². The molecule has 2 saturated carbocycles. The zero-order valence-electron chi connectivity index (χ0n) is 14.9. The Balaban J connectivity index is 0.00000192. The summed E-state index contributed by atoms with van der Waals surface area (Å²) >= 11 is 0. The number of amides is 1. The molecule has 1 saturated heterocycles. The van der Waals surface area contributed by atoms with Gasteiger partial charge in [-0.25, -0.2) is 0 Å². The summed E-state index contributed by atoms with van der Waals surface area (Å²) < 4.78 is 0. The maximum atomic E-state index is 13.0. The molecule has 0 aromatic rings. The number of hydrogen-bond donors (Lipinski definition) is 1. The van der Waals surface area contributed by atoms with Gasteiger partial charge in [-0.15, -0.1) is 12.4 Å². The molecule has 0 aromatic carbocycles. The highest BCUT2D eigenvalue weighted by atomic mass is 35.5. The zero-order chi connectivity index (χ0) is 15.7. The predicted molar refractivity (Wildman–Crippen MR) is 97.5 cm³/mol. The van der Waals surface area contributed by atoms with Gasteiger partial charge in [-0.05, 0) is 68.6 Å². The molecule has 2 aliphatic carbocycles. The van der Waals surface area contributed by atoms with Crippen molar-refractivity contribution in [3.8, 4) is 0 Å². The van der Waals surface area contributed by atoms with Crippen LogP contribution >= 0.6 is 12.4 Å². The zero-order valence-corrected chi connectivity index (χ0v) is 15.7. The first kappa shape index (κ1) is 19.1. The summed E-state index contributed by atoms with van der Waals surface area (Å²) in [5, 5.41) is 0. The van der Waals surface area contributed by atoms with Crippen LogP contribution in [-0.2, 0) is 4.79 Å². The Morgan fingerprint density at radius 3 is 2.39 bits per heavy atom. The van der Waals surface area contributed by atoms with Gasteiger partial charge in [0.05, 0.1) is 0 Å². The van der Waals surface area contributed by atoms with Crippen molar-refractivity contribution in [2.24, 2.45) is 35.3 Å². The monoisotopic (exact) mass is 342 g/mol. The molecule has 3 unspecified atom stereocenters. The fourth-order valence-electron chi connectivity index (χ4n) is 5.37. The lowest BCUT2D eigenvalue weighted by Crippen LogP contribution is -2.51. The van der Waals surface area contributed by atoms with Crippen LogP contribution in [0.4, 0.5) is 0 Å². The molecule has 3 aliphatic rings. The molecule has 134 valence electrons. The Morgan fingerprint density at radius 1 is 1.13 bits per heavy atom. The summed E-state index contributed by atoms with van der Waals surface area (Å²) in [6.45, 7) is 6.59. The van der Waals surface area contributed by atoms with Crippen LogP contribution in [0.15, 0.2) is 0 Å². The van der Waals surface area contributed by atoms with Crippen molar-refractivity contribution in [2.45, 2.75) is 71.3 Å². The molecule has 4 heteroatoms. The van der Waals surface area contributed by atoms with E-state index in [4.69, 9.17) is 5.73 Å². The summed E-state index contributed by atoms with van der Waals surface area (Å²) in [4.78, 5) is 15.2. The number of carbonyl (C=O) groups excluding carboxylic acids is 1. The second-order valence-corrected chi connectivity index (χ2v) is 8.62. The number of halogens is 1. The predicted octanol–water partition coefficient (Wildman–Crippen LogP) is 3.85. The van der Waals surface area contributed by atoms with Gasteiger partial charge in [-0.1, -0.05) is 20.3 Å². The van der Waals surface area contributed by atoms with E-state index in [2.05, 4.69) is 18.7 Å². The molecule has 1 amide bonds. The molecular formula is C19H35ClN2O. The smallest absolute Gasteiger partial charge is 0.225 e. The van der Waals surface area contributed by atoms with Gasteiger partial charge in [-0.2, -0.15) is 0 Å². The minimum Gasteiger partial charge on any atom is -0.342 e. The fraction of sp³-hybridized carbons (Fsp3) is 0.947. The molecular weight excluding hydrogens is 308 g/mol. The van der Waals surface area contributed by atoms with E-state index in [0.29, 0.717) is 23.8 Å². The SMILES string of the molecule is CC(C)CC1CCCN(C(=O)C2CC3CCCC(C2)C3N)C1.Cl. The van der Waals surface area contributed by atoms with Gasteiger partial charge < -0.3 is 10.6 Å². The fourth-order valence-corrected chi connectivity index (χ4v) is 5.37. The molecule has 23 heavy (non-hydrogen) atoms. The van der Waals surface area contributed by atoms with Crippen LogP contribution in [-0.4, -0.2) is 29.9 Å². The summed E-state index contributed by atoms with van der Waals surface area (Å²) in [7, 11) is 0. The Morgan fingerprint density at radius 2 is 1.78 bits per heavy atom. The highest BCUT2D eigenvalue weighted by Crippen LogP contribution is 2.42. The minimum absolute atomic E-state index is 0. The van der Waals surface area contributed by atoms with Crippen molar-refractivity contribution >= 4 is 18.3 Å². The number of piperidine rings is 1. The van der Waals surface area contributed by atoms with Crippen molar-refractivity contribution in [2.75, 3.05) is 13.1 Å². The second kappa shape index (κ2) is 8.20. The molecule has 3 fully saturated rings. The Kier molecular flexibility index (Phi) is 6.79. The van der Waals surface area contributed by atoms with Crippen molar-refractivity contribution in [3.05, 3.63) is 0 Å². The molecule has 3 atom stereocenters. The lowest BCUT2D eigenvalue weighted by molar-refractivity contribution is -0.140. The van der Waals surface area contributed by atoms with Crippen LogP contribution in [0.5, 0.6) is 0 Å². The van der Waals surface area contributed by atoms with Gasteiger partial charge in [0.2, 0.25) is 5.91 Å². The average molecular weight is 343 g/mol. The summed E-state index contributed by atoms with van der Waals surface area (Å²) in [5.74, 6) is 3.41. The van der Waals surface area contributed by atoms with Crippen molar-refractivity contribution in [1.82, 2.24) is 4.90 Å². The van der Waals surface area contributed by atoms with Crippen molar-refractivity contribution in [1.29, 1.82) is 0 Å². The average Bonchev–Trinajstić information content (AvgIpc) is 2.46.